The van der Waals surface area contributed by atoms with Crippen molar-refractivity contribution in [1.82, 2.24) is 15.2 Å². The van der Waals surface area contributed by atoms with Crippen molar-refractivity contribution in [2.45, 2.75) is 6.42 Å². The maximum Gasteiger partial charge on any atom is 0.190 e. The van der Waals surface area contributed by atoms with Gasteiger partial charge in [0.25, 0.3) is 0 Å². The minimum absolute atomic E-state index is 0.0776. The van der Waals surface area contributed by atoms with E-state index in [4.69, 9.17) is 9.84 Å². The van der Waals surface area contributed by atoms with E-state index in [1.54, 1.807) is 12.3 Å². The predicted molar refractivity (Wildman–Crippen MR) is 98.0 cm³/mol. The Morgan fingerprint density at radius 1 is 1.36 bits per heavy atom. The average Bonchev–Trinajstić information content (AvgIpc) is 3.06. The van der Waals surface area contributed by atoms with Gasteiger partial charge in [0, 0.05) is 27.1 Å². The first kappa shape index (κ1) is 17.9. The number of carbonyl (C=O) groups is 1. The molecule has 0 aliphatic heterocycles. The molecule has 0 fully saturated rings. The number of ether oxygens (including phenoxy) is 1. The number of nitrogens with one attached hydrogen (secondary N) is 1. The van der Waals surface area contributed by atoms with Gasteiger partial charge in [-0.3, -0.25) is 9.89 Å². The molecule has 0 bridgehead atoms. The number of H-pyrrole nitrogens is 1. The number of hydrogen-bond acceptors (Lipinski definition) is 5. The van der Waals surface area contributed by atoms with Crippen molar-refractivity contribution in [2.24, 2.45) is 0 Å². The zero-order chi connectivity index (χ0) is 17.8. The van der Waals surface area contributed by atoms with Crippen molar-refractivity contribution in [3.63, 3.8) is 0 Å². The summed E-state index contributed by atoms with van der Waals surface area (Å²) in [5.74, 6) is -0.597. The highest BCUT2D eigenvalue weighted by Crippen LogP contribution is 2.24. The lowest BCUT2D eigenvalue weighted by molar-refractivity contribution is 0.0663. The van der Waals surface area contributed by atoms with E-state index in [-0.39, 0.29) is 37.8 Å². The van der Waals surface area contributed by atoms with Gasteiger partial charge in [-0.2, -0.15) is 5.10 Å². The molecule has 1 aromatic carbocycles. The Balaban J connectivity index is 2.00. The number of fused-ring (bicyclic) bond motifs is 1. The van der Waals surface area contributed by atoms with Gasteiger partial charge >= 0.3 is 0 Å². The molecule has 130 valence electrons. The molecule has 0 aliphatic rings. The summed E-state index contributed by atoms with van der Waals surface area (Å²) < 4.78 is 20.2. The highest BCUT2D eigenvalue weighted by molar-refractivity contribution is 14.1. The lowest BCUT2D eigenvalue weighted by Gasteiger charge is -2.11. The molecule has 3 aromatic rings. The summed E-state index contributed by atoms with van der Waals surface area (Å²) in [6, 6.07) is 4.98. The monoisotopic (exact) mass is 455 g/mol. The Bertz CT molecular complexity index is 913. The van der Waals surface area contributed by atoms with Gasteiger partial charge < -0.3 is 9.84 Å². The number of hydrogen-bond donors (Lipinski definition) is 2. The molecule has 0 spiro atoms. The first-order chi connectivity index (χ1) is 12.1. The third-order valence-corrected chi connectivity index (χ3v) is 4.41. The van der Waals surface area contributed by atoms with E-state index in [0.717, 1.165) is 3.57 Å². The molecular weight excluding hydrogens is 440 g/mol. The molecule has 8 heteroatoms. The van der Waals surface area contributed by atoms with E-state index < -0.39 is 0 Å². The standard InChI is InChI=1S/C17H15FIN3O3/c18-15-6-11(19)2-1-10(15)5-12-13(16(24)9-25-4-3-23)7-20-17-14(12)8-21-22-17/h1-2,6-8,23H,3-5,9H2,(H,20,21,22). The second-order valence-electron chi connectivity index (χ2n) is 5.39. The minimum Gasteiger partial charge on any atom is -0.394 e. The van der Waals surface area contributed by atoms with Crippen LogP contribution in [0.2, 0.25) is 0 Å². The Labute approximate surface area is 156 Å². The zero-order valence-corrected chi connectivity index (χ0v) is 15.3. The normalized spacial score (nSPS) is 11.2. The van der Waals surface area contributed by atoms with Crippen LogP contribution < -0.4 is 0 Å². The molecule has 0 unspecified atom stereocenters. The maximum atomic E-state index is 14.3. The average molecular weight is 455 g/mol. The Morgan fingerprint density at radius 2 is 2.20 bits per heavy atom. The lowest BCUT2D eigenvalue weighted by Crippen LogP contribution is -2.14. The first-order valence-electron chi connectivity index (χ1n) is 7.57. The summed E-state index contributed by atoms with van der Waals surface area (Å²) in [7, 11) is 0. The Hall–Kier alpha value is -1.91. The molecule has 0 saturated heterocycles. The summed E-state index contributed by atoms with van der Waals surface area (Å²) in [6.45, 7) is -0.255. The van der Waals surface area contributed by atoms with Gasteiger partial charge in [0.05, 0.1) is 19.4 Å². The second kappa shape index (κ2) is 7.98. The lowest BCUT2D eigenvalue weighted by atomic mass is 9.96. The van der Waals surface area contributed by atoms with Crippen molar-refractivity contribution in [3.05, 3.63) is 56.7 Å². The summed E-state index contributed by atoms with van der Waals surface area (Å²) in [5, 5.41) is 16.1. The summed E-state index contributed by atoms with van der Waals surface area (Å²) in [6.07, 6.45) is 3.26. The number of benzene rings is 1. The molecule has 0 atom stereocenters. The van der Waals surface area contributed by atoms with Gasteiger partial charge in [-0.15, -0.1) is 0 Å². The maximum absolute atomic E-state index is 14.3. The number of pyridine rings is 1. The van der Waals surface area contributed by atoms with Crippen molar-refractivity contribution >= 4 is 39.4 Å². The van der Waals surface area contributed by atoms with Crippen molar-refractivity contribution in [1.29, 1.82) is 0 Å². The summed E-state index contributed by atoms with van der Waals surface area (Å²) >= 11 is 2.05. The van der Waals surface area contributed by atoms with Crippen LogP contribution in [0.15, 0.2) is 30.6 Å². The fourth-order valence-electron chi connectivity index (χ4n) is 2.54. The number of Topliss-reactive ketones (excluding diaryl/α,β-unsaturated/α-hetero) is 1. The van der Waals surface area contributed by atoms with E-state index in [1.165, 1.54) is 12.3 Å². The van der Waals surface area contributed by atoms with E-state index in [2.05, 4.69) is 15.2 Å². The molecule has 0 amide bonds. The van der Waals surface area contributed by atoms with Crippen molar-refractivity contribution in [2.75, 3.05) is 19.8 Å². The molecule has 0 radical (unpaired) electrons. The first-order valence-corrected chi connectivity index (χ1v) is 8.64. The number of ketones is 1. The molecule has 6 nitrogen and oxygen atoms in total. The van der Waals surface area contributed by atoms with Crippen LogP contribution in [0.4, 0.5) is 4.39 Å². The number of carbonyl (C=O) groups excluding carboxylic acids is 1. The number of aromatic nitrogens is 3. The van der Waals surface area contributed by atoms with Crippen LogP contribution in [0.5, 0.6) is 0 Å². The topological polar surface area (TPSA) is 88.1 Å². The number of aromatic amines is 1. The van der Waals surface area contributed by atoms with Crippen LogP contribution in [0, 0.1) is 9.39 Å². The Kier molecular flexibility index (Phi) is 5.71. The molecule has 2 heterocycles. The highest BCUT2D eigenvalue weighted by atomic mass is 127. The van der Waals surface area contributed by atoms with Crippen LogP contribution in [0.25, 0.3) is 11.0 Å². The molecule has 2 aromatic heterocycles. The largest absolute Gasteiger partial charge is 0.394 e. The molecule has 0 saturated carbocycles. The zero-order valence-electron chi connectivity index (χ0n) is 13.1. The molecular formula is C17H15FIN3O3. The van der Waals surface area contributed by atoms with E-state index in [9.17, 15) is 9.18 Å². The molecule has 0 aliphatic carbocycles. The highest BCUT2D eigenvalue weighted by Gasteiger charge is 2.18. The van der Waals surface area contributed by atoms with Crippen LogP contribution in [-0.2, 0) is 11.2 Å². The van der Waals surface area contributed by atoms with E-state index in [1.807, 2.05) is 28.7 Å². The second-order valence-corrected chi connectivity index (χ2v) is 6.64. The van der Waals surface area contributed by atoms with E-state index >= 15 is 0 Å². The predicted octanol–water partition coefficient (Wildman–Crippen LogP) is 2.48. The third-order valence-electron chi connectivity index (χ3n) is 3.74. The quantitative estimate of drug-likeness (QED) is 0.325. The van der Waals surface area contributed by atoms with Gasteiger partial charge in [0.2, 0.25) is 0 Å². The van der Waals surface area contributed by atoms with Gasteiger partial charge in [-0.05, 0) is 45.9 Å². The molecule has 3 rings (SSSR count). The van der Waals surface area contributed by atoms with Crippen molar-refractivity contribution in [3.8, 4) is 0 Å². The summed E-state index contributed by atoms with van der Waals surface area (Å²) in [4.78, 5) is 16.7. The SMILES string of the molecule is O=C(COCCO)c1cnc2[nH]ncc2c1Cc1ccc(I)cc1F. The summed E-state index contributed by atoms with van der Waals surface area (Å²) in [5.41, 5.74) is 2.04. The number of aliphatic hydroxyl groups is 1. The van der Waals surface area contributed by atoms with Gasteiger partial charge in [-0.25, -0.2) is 9.37 Å². The van der Waals surface area contributed by atoms with Crippen molar-refractivity contribution < 1.29 is 19.0 Å². The third kappa shape index (κ3) is 4.02. The molecule has 2 N–H and O–H groups in total. The smallest absolute Gasteiger partial charge is 0.190 e. The number of aliphatic hydroxyl groups excluding tert-OH is 1. The van der Waals surface area contributed by atoms with Gasteiger partial charge in [0.15, 0.2) is 11.4 Å². The van der Waals surface area contributed by atoms with Crippen LogP contribution >= 0.6 is 22.6 Å². The number of nitrogens with zero attached hydrogens (tertiary/aromatic N) is 2. The molecule has 25 heavy (non-hydrogen) atoms. The number of rotatable bonds is 7. The van der Waals surface area contributed by atoms with Crippen LogP contribution in [0.1, 0.15) is 21.5 Å². The van der Waals surface area contributed by atoms with E-state index in [0.29, 0.717) is 27.7 Å². The van der Waals surface area contributed by atoms with Gasteiger partial charge in [-0.1, -0.05) is 6.07 Å². The fourth-order valence-corrected chi connectivity index (χ4v) is 3.00. The Morgan fingerprint density at radius 3 is 2.96 bits per heavy atom. The fraction of sp³-hybridized carbons (Fsp3) is 0.235. The van der Waals surface area contributed by atoms with Crippen LogP contribution in [0.3, 0.4) is 0 Å². The number of halogens is 2. The van der Waals surface area contributed by atoms with Crippen LogP contribution in [-0.4, -0.2) is 45.9 Å². The minimum atomic E-state index is -0.324. The van der Waals surface area contributed by atoms with Gasteiger partial charge in [0.1, 0.15) is 12.4 Å².